The topological polar surface area (TPSA) is 93.9 Å². The van der Waals surface area contributed by atoms with Gasteiger partial charge in [-0.05, 0) is 29.0 Å². The maximum Gasteiger partial charge on any atom is 0.165 e. The van der Waals surface area contributed by atoms with Crippen molar-refractivity contribution in [1.82, 2.24) is 35.3 Å². The third-order valence-electron chi connectivity index (χ3n) is 4.00. The molecule has 3 heterocycles. The minimum absolute atomic E-state index is 0.112. The van der Waals surface area contributed by atoms with Gasteiger partial charge in [-0.25, -0.2) is 4.68 Å². The Hall–Kier alpha value is -2.13. The van der Waals surface area contributed by atoms with Gasteiger partial charge in [0.05, 0.1) is 19.3 Å². The number of tetrazole rings is 1. The largest absolute Gasteiger partial charge is 0.374 e. The van der Waals surface area contributed by atoms with Crippen LogP contribution in [-0.2, 0) is 17.8 Å². The average molecular weight is 332 g/mol. The van der Waals surface area contributed by atoms with Crippen molar-refractivity contribution in [1.29, 1.82) is 0 Å². The summed E-state index contributed by atoms with van der Waals surface area (Å²) in [7, 11) is 0. The average Bonchev–Trinajstić information content (AvgIpc) is 3.06. The number of unbranched alkanes of at least 4 members (excludes halogenated alkanes) is 1. The summed E-state index contributed by atoms with van der Waals surface area (Å²) in [6, 6.07) is 3.76. The number of aryl methyl sites for hydroxylation is 1. The van der Waals surface area contributed by atoms with Crippen LogP contribution < -0.4 is 5.32 Å². The molecule has 2 aromatic heterocycles. The Balaban J connectivity index is 1.49. The van der Waals surface area contributed by atoms with Crippen LogP contribution in [0.25, 0.3) is 0 Å². The molecule has 0 aromatic carbocycles. The number of anilines is 1. The van der Waals surface area contributed by atoms with E-state index in [1.165, 1.54) is 0 Å². The fraction of sp³-hybridized carbons (Fsp3) is 0.667. The molecule has 1 saturated heterocycles. The number of nitrogens with zero attached hydrogens (tertiary/aromatic N) is 7. The van der Waals surface area contributed by atoms with Crippen LogP contribution in [0.1, 0.15) is 25.6 Å². The third kappa shape index (κ3) is 4.68. The highest BCUT2D eigenvalue weighted by molar-refractivity contribution is 5.31. The van der Waals surface area contributed by atoms with E-state index in [1.807, 2.05) is 16.8 Å². The lowest BCUT2D eigenvalue weighted by molar-refractivity contribution is -0.0252. The van der Waals surface area contributed by atoms with Crippen LogP contribution in [-0.4, -0.2) is 67.6 Å². The highest BCUT2D eigenvalue weighted by atomic mass is 16.5. The molecule has 0 aliphatic carbocycles. The Morgan fingerprint density at radius 1 is 1.38 bits per heavy atom. The Morgan fingerprint density at radius 3 is 3.17 bits per heavy atom. The monoisotopic (exact) mass is 332 g/mol. The standard InChI is InChI=1S/C15H24N8O/c1-2-3-7-23-15(19-20-21-23)12-22-8-9-24-13(11-22)10-16-14-5-4-6-17-18-14/h4-6,13H,2-3,7-12H2,1H3,(H,16,18)/t13-/m0/s1. The van der Waals surface area contributed by atoms with Crippen LogP contribution >= 0.6 is 0 Å². The van der Waals surface area contributed by atoms with E-state index in [4.69, 9.17) is 4.74 Å². The fourth-order valence-corrected chi connectivity index (χ4v) is 2.68. The van der Waals surface area contributed by atoms with Crippen molar-refractivity contribution in [3.8, 4) is 0 Å². The van der Waals surface area contributed by atoms with E-state index in [9.17, 15) is 0 Å². The number of aromatic nitrogens is 6. The lowest BCUT2D eigenvalue weighted by Gasteiger charge is -2.32. The number of rotatable bonds is 8. The summed E-state index contributed by atoms with van der Waals surface area (Å²) in [6.45, 7) is 6.94. The van der Waals surface area contributed by atoms with Crippen LogP contribution in [0.5, 0.6) is 0 Å². The quantitative estimate of drug-likeness (QED) is 0.750. The van der Waals surface area contributed by atoms with Crippen molar-refractivity contribution >= 4 is 5.82 Å². The predicted octanol–water partition coefficient (Wildman–Crippen LogP) is 0.576. The highest BCUT2D eigenvalue weighted by Gasteiger charge is 2.22. The zero-order chi connectivity index (χ0) is 16.6. The molecule has 0 radical (unpaired) electrons. The van der Waals surface area contributed by atoms with Crippen molar-refractivity contribution in [3.63, 3.8) is 0 Å². The summed E-state index contributed by atoms with van der Waals surface area (Å²) >= 11 is 0. The zero-order valence-electron chi connectivity index (χ0n) is 14.0. The molecule has 9 heteroatoms. The van der Waals surface area contributed by atoms with Crippen LogP contribution in [0.4, 0.5) is 5.82 Å². The van der Waals surface area contributed by atoms with Crippen LogP contribution in [0.15, 0.2) is 18.3 Å². The number of hydrogen-bond acceptors (Lipinski definition) is 8. The molecule has 2 aromatic rings. The maximum absolute atomic E-state index is 5.83. The second kappa shape index (κ2) is 8.65. The maximum atomic E-state index is 5.83. The van der Waals surface area contributed by atoms with Crippen LogP contribution in [0.3, 0.4) is 0 Å². The van der Waals surface area contributed by atoms with Gasteiger partial charge in [-0.2, -0.15) is 5.10 Å². The van der Waals surface area contributed by atoms with Gasteiger partial charge in [0.1, 0.15) is 5.82 Å². The lowest BCUT2D eigenvalue weighted by Crippen LogP contribution is -2.45. The van der Waals surface area contributed by atoms with Crippen molar-refractivity contribution in [3.05, 3.63) is 24.2 Å². The summed E-state index contributed by atoms with van der Waals surface area (Å²) < 4.78 is 7.74. The fourth-order valence-electron chi connectivity index (χ4n) is 2.68. The Morgan fingerprint density at radius 2 is 2.33 bits per heavy atom. The Bertz CT molecular complexity index is 605. The van der Waals surface area contributed by atoms with Gasteiger partial charge < -0.3 is 10.1 Å². The van der Waals surface area contributed by atoms with Crippen LogP contribution in [0, 0.1) is 0 Å². The first-order valence-electron chi connectivity index (χ1n) is 8.45. The highest BCUT2D eigenvalue weighted by Crippen LogP contribution is 2.10. The number of morpholine rings is 1. The van der Waals surface area contributed by atoms with E-state index in [0.29, 0.717) is 13.2 Å². The van der Waals surface area contributed by atoms with Gasteiger partial charge >= 0.3 is 0 Å². The molecule has 1 atom stereocenters. The first-order valence-corrected chi connectivity index (χ1v) is 8.45. The molecule has 9 nitrogen and oxygen atoms in total. The van der Waals surface area contributed by atoms with E-state index in [1.54, 1.807) is 6.20 Å². The van der Waals surface area contributed by atoms with E-state index in [2.05, 4.69) is 42.9 Å². The van der Waals surface area contributed by atoms with Crippen molar-refractivity contribution in [2.45, 2.75) is 39.0 Å². The van der Waals surface area contributed by atoms with Crippen molar-refractivity contribution in [2.24, 2.45) is 0 Å². The lowest BCUT2D eigenvalue weighted by atomic mass is 10.2. The third-order valence-corrected chi connectivity index (χ3v) is 4.00. The molecular formula is C15H24N8O. The second-order valence-corrected chi connectivity index (χ2v) is 5.89. The summed E-state index contributed by atoms with van der Waals surface area (Å²) in [5.74, 6) is 1.69. The number of nitrogens with one attached hydrogen (secondary N) is 1. The van der Waals surface area contributed by atoms with Gasteiger partial charge in [0.25, 0.3) is 0 Å². The molecule has 0 bridgehead atoms. The Labute approximate surface area is 141 Å². The molecule has 1 N–H and O–H groups in total. The molecule has 1 aliphatic heterocycles. The summed E-state index contributed by atoms with van der Waals surface area (Å²) in [5, 5.41) is 23.2. The van der Waals surface area contributed by atoms with Gasteiger partial charge in [0.2, 0.25) is 0 Å². The SMILES string of the molecule is CCCCn1nnnc1CN1CCO[C@@H](CNc2cccnn2)C1. The van der Waals surface area contributed by atoms with E-state index < -0.39 is 0 Å². The van der Waals surface area contributed by atoms with Crippen molar-refractivity contribution in [2.75, 3.05) is 31.6 Å². The van der Waals surface area contributed by atoms with E-state index >= 15 is 0 Å². The Kier molecular flexibility index (Phi) is 6.02. The second-order valence-electron chi connectivity index (χ2n) is 5.89. The molecule has 0 amide bonds. The van der Waals surface area contributed by atoms with Crippen molar-refractivity contribution < 1.29 is 4.74 Å². The molecular weight excluding hydrogens is 308 g/mol. The summed E-state index contributed by atoms with van der Waals surface area (Å²) in [5.41, 5.74) is 0. The van der Waals surface area contributed by atoms with Gasteiger partial charge in [-0.3, -0.25) is 4.90 Å². The smallest absolute Gasteiger partial charge is 0.165 e. The first kappa shape index (κ1) is 16.7. The molecule has 0 saturated carbocycles. The summed E-state index contributed by atoms with van der Waals surface area (Å²) in [4.78, 5) is 2.33. The molecule has 3 rings (SSSR count). The molecule has 1 fully saturated rings. The minimum Gasteiger partial charge on any atom is -0.374 e. The number of hydrogen-bond donors (Lipinski definition) is 1. The molecule has 1 aliphatic rings. The minimum atomic E-state index is 0.112. The molecule has 0 unspecified atom stereocenters. The van der Waals surface area contributed by atoms with E-state index in [-0.39, 0.29) is 6.10 Å². The van der Waals surface area contributed by atoms with E-state index in [0.717, 1.165) is 50.7 Å². The van der Waals surface area contributed by atoms with Gasteiger partial charge in [-0.1, -0.05) is 13.3 Å². The molecule has 130 valence electrons. The van der Waals surface area contributed by atoms with Gasteiger partial charge in [0.15, 0.2) is 5.82 Å². The molecule has 24 heavy (non-hydrogen) atoms. The summed E-state index contributed by atoms with van der Waals surface area (Å²) in [6.07, 6.45) is 3.99. The predicted molar refractivity (Wildman–Crippen MR) is 88.3 cm³/mol. The normalized spacial score (nSPS) is 18.6. The number of ether oxygens (including phenoxy) is 1. The van der Waals surface area contributed by atoms with Gasteiger partial charge in [0, 0.05) is 32.4 Å². The zero-order valence-corrected chi connectivity index (χ0v) is 14.0. The first-order chi connectivity index (χ1) is 11.8. The van der Waals surface area contributed by atoms with Crippen LogP contribution in [0.2, 0.25) is 0 Å². The van der Waals surface area contributed by atoms with Gasteiger partial charge in [-0.15, -0.1) is 10.2 Å². The molecule has 0 spiro atoms.